The SMILES string of the molecule is CCN1CC(CNC(C)CCc2cccc(C(F)(F)F)c2)CC1=O. The van der Waals surface area contributed by atoms with Crippen LogP contribution in [0, 0.1) is 5.92 Å². The van der Waals surface area contributed by atoms with Crippen LogP contribution in [0.5, 0.6) is 0 Å². The van der Waals surface area contributed by atoms with Gasteiger partial charge in [0.25, 0.3) is 0 Å². The van der Waals surface area contributed by atoms with Gasteiger partial charge in [-0.15, -0.1) is 0 Å². The fourth-order valence-corrected chi connectivity index (χ4v) is 3.05. The van der Waals surface area contributed by atoms with Crippen LogP contribution in [-0.2, 0) is 17.4 Å². The topological polar surface area (TPSA) is 32.3 Å². The normalized spacial score (nSPS) is 19.8. The number of likely N-dealkylation sites (tertiary alicyclic amines) is 1. The van der Waals surface area contributed by atoms with Crippen molar-refractivity contribution in [1.29, 1.82) is 0 Å². The van der Waals surface area contributed by atoms with Gasteiger partial charge in [-0.05, 0) is 44.2 Å². The molecule has 0 saturated carbocycles. The number of hydrogen-bond acceptors (Lipinski definition) is 2. The Balaban J connectivity index is 1.76. The summed E-state index contributed by atoms with van der Waals surface area (Å²) < 4.78 is 38.1. The fourth-order valence-electron chi connectivity index (χ4n) is 3.05. The first kappa shape index (κ1) is 18.8. The third kappa shape index (κ3) is 5.23. The number of nitrogens with one attached hydrogen (secondary N) is 1. The zero-order valence-electron chi connectivity index (χ0n) is 14.2. The average molecular weight is 342 g/mol. The van der Waals surface area contributed by atoms with Gasteiger partial charge in [0.15, 0.2) is 0 Å². The van der Waals surface area contributed by atoms with Crippen LogP contribution in [0.4, 0.5) is 13.2 Å². The Morgan fingerprint density at radius 1 is 1.38 bits per heavy atom. The number of carbonyl (C=O) groups is 1. The number of amides is 1. The van der Waals surface area contributed by atoms with Gasteiger partial charge in [-0.1, -0.05) is 18.2 Å². The van der Waals surface area contributed by atoms with Crippen LogP contribution in [-0.4, -0.2) is 36.5 Å². The number of carbonyl (C=O) groups excluding carboxylic acids is 1. The summed E-state index contributed by atoms with van der Waals surface area (Å²) in [6, 6.07) is 5.71. The molecule has 0 spiro atoms. The van der Waals surface area contributed by atoms with Crippen molar-refractivity contribution < 1.29 is 18.0 Å². The Hall–Kier alpha value is -1.56. The highest BCUT2D eigenvalue weighted by Crippen LogP contribution is 2.29. The number of benzene rings is 1. The Kier molecular flexibility index (Phi) is 6.27. The summed E-state index contributed by atoms with van der Waals surface area (Å²) in [5.41, 5.74) is 0.108. The highest BCUT2D eigenvalue weighted by atomic mass is 19.4. The molecule has 1 aromatic carbocycles. The minimum atomic E-state index is -4.29. The average Bonchev–Trinajstić information content (AvgIpc) is 2.90. The second-order valence-electron chi connectivity index (χ2n) is 6.55. The van der Waals surface area contributed by atoms with E-state index in [2.05, 4.69) is 5.32 Å². The van der Waals surface area contributed by atoms with Crippen molar-refractivity contribution >= 4 is 5.91 Å². The lowest BCUT2D eigenvalue weighted by Crippen LogP contribution is -2.33. The Morgan fingerprint density at radius 2 is 2.12 bits per heavy atom. The molecule has 1 amide bonds. The molecule has 2 unspecified atom stereocenters. The smallest absolute Gasteiger partial charge is 0.343 e. The standard InChI is InChI=1S/C18H25F3N2O/c1-3-23-12-15(10-17(23)24)11-22-13(2)7-8-14-5-4-6-16(9-14)18(19,20)21/h4-6,9,13,15,22H,3,7-8,10-12H2,1-2H3. The molecule has 24 heavy (non-hydrogen) atoms. The minimum absolute atomic E-state index is 0.199. The van der Waals surface area contributed by atoms with E-state index in [1.165, 1.54) is 12.1 Å². The van der Waals surface area contributed by atoms with Crippen molar-refractivity contribution in [2.75, 3.05) is 19.6 Å². The van der Waals surface area contributed by atoms with E-state index in [1.807, 2.05) is 18.7 Å². The van der Waals surface area contributed by atoms with Gasteiger partial charge in [-0.3, -0.25) is 4.79 Å². The van der Waals surface area contributed by atoms with Crippen molar-refractivity contribution in [3.63, 3.8) is 0 Å². The number of hydrogen-bond donors (Lipinski definition) is 1. The summed E-state index contributed by atoms with van der Waals surface area (Å²) >= 11 is 0. The summed E-state index contributed by atoms with van der Waals surface area (Å²) in [7, 11) is 0. The van der Waals surface area contributed by atoms with Gasteiger partial charge in [-0.25, -0.2) is 0 Å². The quantitative estimate of drug-likeness (QED) is 0.823. The van der Waals surface area contributed by atoms with E-state index >= 15 is 0 Å². The molecule has 6 heteroatoms. The van der Waals surface area contributed by atoms with E-state index in [9.17, 15) is 18.0 Å². The second kappa shape index (κ2) is 8.01. The number of alkyl halides is 3. The molecule has 0 aromatic heterocycles. The molecule has 1 aliphatic heterocycles. The maximum Gasteiger partial charge on any atom is 0.416 e. The number of aryl methyl sites for hydroxylation is 1. The monoisotopic (exact) mass is 342 g/mol. The third-order valence-corrected chi connectivity index (χ3v) is 4.55. The van der Waals surface area contributed by atoms with Crippen LogP contribution < -0.4 is 5.32 Å². The molecule has 134 valence electrons. The first-order valence-electron chi connectivity index (χ1n) is 8.47. The fraction of sp³-hybridized carbons (Fsp3) is 0.611. The molecule has 1 N–H and O–H groups in total. The van der Waals surface area contributed by atoms with E-state index in [0.717, 1.165) is 32.1 Å². The largest absolute Gasteiger partial charge is 0.416 e. The molecule has 0 aliphatic carbocycles. The predicted molar refractivity (Wildman–Crippen MR) is 87.6 cm³/mol. The summed E-state index contributed by atoms with van der Waals surface area (Å²) in [5.74, 6) is 0.536. The van der Waals surface area contributed by atoms with E-state index in [1.54, 1.807) is 6.07 Å². The van der Waals surface area contributed by atoms with E-state index in [0.29, 0.717) is 24.3 Å². The molecule has 1 aromatic rings. The lowest BCUT2D eigenvalue weighted by molar-refractivity contribution is -0.137. The third-order valence-electron chi connectivity index (χ3n) is 4.55. The van der Waals surface area contributed by atoms with Gasteiger partial charge in [0, 0.05) is 32.1 Å². The number of halogens is 3. The molecule has 3 nitrogen and oxygen atoms in total. The Morgan fingerprint density at radius 3 is 2.75 bits per heavy atom. The maximum atomic E-state index is 12.7. The maximum absolute atomic E-state index is 12.7. The van der Waals surface area contributed by atoms with Gasteiger partial charge in [0.2, 0.25) is 5.91 Å². The van der Waals surface area contributed by atoms with Crippen LogP contribution in [0.15, 0.2) is 24.3 Å². The van der Waals surface area contributed by atoms with Crippen molar-refractivity contribution in [3.8, 4) is 0 Å². The van der Waals surface area contributed by atoms with Crippen molar-refractivity contribution in [2.24, 2.45) is 5.92 Å². The molecule has 2 atom stereocenters. The molecule has 1 heterocycles. The molecule has 0 radical (unpaired) electrons. The highest BCUT2D eigenvalue weighted by molar-refractivity contribution is 5.78. The van der Waals surface area contributed by atoms with Crippen molar-refractivity contribution in [3.05, 3.63) is 35.4 Å². The summed E-state index contributed by atoms with van der Waals surface area (Å²) in [6.45, 7) is 6.32. The van der Waals surface area contributed by atoms with Gasteiger partial charge in [0.1, 0.15) is 0 Å². The first-order chi connectivity index (χ1) is 11.3. The van der Waals surface area contributed by atoms with E-state index in [4.69, 9.17) is 0 Å². The zero-order valence-corrected chi connectivity index (χ0v) is 14.2. The zero-order chi connectivity index (χ0) is 17.7. The van der Waals surface area contributed by atoms with Crippen LogP contribution in [0.3, 0.4) is 0 Å². The number of nitrogens with zero attached hydrogens (tertiary/aromatic N) is 1. The van der Waals surface area contributed by atoms with Crippen molar-refractivity contribution in [2.45, 2.75) is 45.3 Å². The molecular formula is C18H25F3N2O. The summed E-state index contributed by atoms with van der Waals surface area (Å²) in [6.07, 6.45) is -2.34. The lowest BCUT2D eigenvalue weighted by Gasteiger charge is -2.18. The Labute approximate surface area is 141 Å². The highest BCUT2D eigenvalue weighted by Gasteiger charge is 2.30. The first-order valence-corrected chi connectivity index (χ1v) is 8.47. The number of rotatable bonds is 7. The van der Waals surface area contributed by atoms with Crippen molar-refractivity contribution in [1.82, 2.24) is 10.2 Å². The van der Waals surface area contributed by atoms with Gasteiger partial charge < -0.3 is 10.2 Å². The molecule has 1 fully saturated rings. The minimum Gasteiger partial charge on any atom is -0.343 e. The second-order valence-corrected chi connectivity index (χ2v) is 6.55. The molecule has 1 aliphatic rings. The predicted octanol–water partition coefficient (Wildman–Crippen LogP) is 3.48. The van der Waals surface area contributed by atoms with Gasteiger partial charge in [0.05, 0.1) is 5.56 Å². The van der Waals surface area contributed by atoms with Gasteiger partial charge >= 0.3 is 6.18 Å². The van der Waals surface area contributed by atoms with Crippen LogP contribution in [0.25, 0.3) is 0 Å². The van der Waals surface area contributed by atoms with E-state index in [-0.39, 0.29) is 11.9 Å². The molecular weight excluding hydrogens is 317 g/mol. The Bertz CT molecular complexity index is 559. The summed E-state index contributed by atoms with van der Waals surface area (Å²) in [4.78, 5) is 13.6. The van der Waals surface area contributed by atoms with Crippen LogP contribution >= 0.6 is 0 Å². The van der Waals surface area contributed by atoms with Gasteiger partial charge in [-0.2, -0.15) is 13.2 Å². The van der Waals surface area contributed by atoms with E-state index < -0.39 is 11.7 Å². The molecule has 1 saturated heterocycles. The van der Waals surface area contributed by atoms with Crippen LogP contribution in [0.1, 0.15) is 37.8 Å². The summed E-state index contributed by atoms with van der Waals surface area (Å²) in [5, 5.41) is 3.40. The molecule has 2 rings (SSSR count). The van der Waals surface area contributed by atoms with Crippen LogP contribution in [0.2, 0.25) is 0 Å². The lowest BCUT2D eigenvalue weighted by atomic mass is 10.0. The molecule has 0 bridgehead atoms.